The van der Waals surface area contributed by atoms with Crippen molar-refractivity contribution in [2.24, 2.45) is 0 Å². The molecule has 0 bridgehead atoms. The maximum Gasteiger partial charge on any atom is 0.304 e. The molecule has 0 aromatic heterocycles. The predicted octanol–water partition coefficient (Wildman–Crippen LogP) is 2.24. The molecule has 3 rings (SSSR count). The number of hydrogen-bond acceptors (Lipinski definition) is 3. The second-order valence-corrected chi connectivity index (χ2v) is 5.68. The second kappa shape index (κ2) is 5.94. The molecule has 1 N–H and O–H groups in total. The van der Waals surface area contributed by atoms with E-state index in [1.165, 1.54) is 24.0 Å². The summed E-state index contributed by atoms with van der Waals surface area (Å²) in [6.07, 6.45) is 3.66. The van der Waals surface area contributed by atoms with Crippen LogP contribution in [-0.4, -0.2) is 41.7 Å². The number of carboxylic acid groups (broad SMARTS) is 1. The van der Waals surface area contributed by atoms with Crippen molar-refractivity contribution in [3.63, 3.8) is 0 Å². The Morgan fingerprint density at radius 2 is 2.15 bits per heavy atom. The quantitative estimate of drug-likeness (QED) is 0.865. The minimum Gasteiger partial charge on any atom is -0.481 e. The Hall–Kier alpha value is -1.39. The van der Waals surface area contributed by atoms with Crippen molar-refractivity contribution < 1.29 is 14.6 Å². The standard InChI is InChI=1S/C16H21NO3/c18-16(19)7-9-17(13-5-6-13)11-15-14-4-2-1-3-12(14)8-10-20-15/h1-4,13,15H,5-11H2,(H,18,19). The fourth-order valence-corrected chi connectivity index (χ4v) is 2.94. The normalized spacial score (nSPS) is 21.8. The molecule has 2 aliphatic rings. The number of ether oxygens (including phenoxy) is 1. The Morgan fingerprint density at radius 3 is 2.90 bits per heavy atom. The van der Waals surface area contributed by atoms with Gasteiger partial charge in [0.25, 0.3) is 0 Å². The zero-order chi connectivity index (χ0) is 13.9. The van der Waals surface area contributed by atoms with Crippen LogP contribution in [0.2, 0.25) is 0 Å². The van der Waals surface area contributed by atoms with E-state index >= 15 is 0 Å². The van der Waals surface area contributed by atoms with Crippen LogP contribution in [0.5, 0.6) is 0 Å². The maximum absolute atomic E-state index is 10.8. The average Bonchev–Trinajstić information content (AvgIpc) is 3.28. The van der Waals surface area contributed by atoms with Gasteiger partial charge in [-0.2, -0.15) is 0 Å². The van der Waals surface area contributed by atoms with E-state index in [9.17, 15) is 4.79 Å². The third kappa shape index (κ3) is 3.19. The van der Waals surface area contributed by atoms with Gasteiger partial charge in [0.2, 0.25) is 0 Å². The molecule has 0 saturated heterocycles. The van der Waals surface area contributed by atoms with E-state index in [-0.39, 0.29) is 12.5 Å². The highest BCUT2D eigenvalue weighted by Gasteiger charge is 2.32. The molecule has 0 spiro atoms. The first-order valence-corrected chi connectivity index (χ1v) is 7.39. The Kier molecular flexibility index (Phi) is 4.03. The summed E-state index contributed by atoms with van der Waals surface area (Å²) in [4.78, 5) is 13.1. The molecule has 1 aromatic rings. The minimum atomic E-state index is -0.722. The van der Waals surface area contributed by atoms with Gasteiger partial charge < -0.3 is 9.84 Å². The Morgan fingerprint density at radius 1 is 1.35 bits per heavy atom. The fourth-order valence-electron chi connectivity index (χ4n) is 2.94. The van der Waals surface area contributed by atoms with Crippen LogP contribution in [0.25, 0.3) is 0 Å². The monoisotopic (exact) mass is 275 g/mol. The summed E-state index contributed by atoms with van der Waals surface area (Å²) < 4.78 is 5.93. The molecule has 1 unspecified atom stereocenters. The maximum atomic E-state index is 10.8. The third-order valence-corrected chi connectivity index (χ3v) is 4.17. The number of carboxylic acids is 1. The second-order valence-electron chi connectivity index (χ2n) is 5.68. The summed E-state index contributed by atoms with van der Waals surface area (Å²) in [6, 6.07) is 9.00. The lowest BCUT2D eigenvalue weighted by Gasteiger charge is -2.31. The first-order valence-electron chi connectivity index (χ1n) is 7.39. The van der Waals surface area contributed by atoms with Crippen molar-refractivity contribution in [1.82, 2.24) is 4.90 Å². The van der Waals surface area contributed by atoms with E-state index in [1.807, 2.05) is 0 Å². The van der Waals surface area contributed by atoms with Crippen LogP contribution in [0.15, 0.2) is 24.3 Å². The lowest BCUT2D eigenvalue weighted by atomic mass is 9.97. The van der Waals surface area contributed by atoms with Crippen LogP contribution in [0.4, 0.5) is 0 Å². The summed E-state index contributed by atoms with van der Waals surface area (Å²) in [5.74, 6) is -0.722. The highest BCUT2D eigenvalue weighted by Crippen LogP contribution is 2.32. The molecule has 1 aromatic carbocycles. The van der Waals surface area contributed by atoms with Gasteiger partial charge in [-0.3, -0.25) is 9.69 Å². The minimum absolute atomic E-state index is 0.0920. The Balaban J connectivity index is 1.68. The van der Waals surface area contributed by atoms with E-state index < -0.39 is 5.97 Å². The number of fused-ring (bicyclic) bond motifs is 1. The molecular formula is C16H21NO3. The summed E-state index contributed by atoms with van der Waals surface area (Å²) in [5, 5.41) is 8.87. The van der Waals surface area contributed by atoms with E-state index in [0.29, 0.717) is 12.6 Å². The highest BCUT2D eigenvalue weighted by atomic mass is 16.5. The van der Waals surface area contributed by atoms with Gasteiger partial charge in [0, 0.05) is 19.1 Å². The van der Waals surface area contributed by atoms with Crippen LogP contribution < -0.4 is 0 Å². The topological polar surface area (TPSA) is 49.8 Å². The molecule has 4 nitrogen and oxygen atoms in total. The predicted molar refractivity (Wildman–Crippen MR) is 75.7 cm³/mol. The highest BCUT2D eigenvalue weighted by molar-refractivity contribution is 5.66. The lowest BCUT2D eigenvalue weighted by molar-refractivity contribution is -0.137. The molecule has 0 amide bonds. The molecular weight excluding hydrogens is 254 g/mol. The van der Waals surface area contributed by atoms with Gasteiger partial charge in [-0.05, 0) is 30.4 Å². The van der Waals surface area contributed by atoms with Gasteiger partial charge in [-0.25, -0.2) is 0 Å². The summed E-state index contributed by atoms with van der Waals surface area (Å²) in [5.41, 5.74) is 2.65. The SMILES string of the molecule is O=C(O)CCN(CC1OCCc2ccccc21)C1CC1. The zero-order valence-corrected chi connectivity index (χ0v) is 11.6. The van der Waals surface area contributed by atoms with Crippen molar-refractivity contribution in [3.8, 4) is 0 Å². The van der Waals surface area contributed by atoms with Crippen molar-refractivity contribution in [3.05, 3.63) is 35.4 Å². The third-order valence-electron chi connectivity index (χ3n) is 4.17. The summed E-state index contributed by atoms with van der Waals surface area (Å²) >= 11 is 0. The van der Waals surface area contributed by atoms with Crippen LogP contribution >= 0.6 is 0 Å². The van der Waals surface area contributed by atoms with E-state index in [4.69, 9.17) is 9.84 Å². The molecule has 1 aliphatic carbocycles. The fraction of sp³-hybridized carbons (Fsp3) is 0.562. The zero-order valence-electron chi connectivity index (χ0n) is 11.6. The van der Waals surface area contributed by atoms with Crippen molar-refractivity contribution in [1.29, 1.82) is 0 Å². The van der Waals surface area contributed by atoms with E-state index in [1.54, 1.807) is 0 Å². The lowest BCUT2D eigenvalue weighted by Crippen LogP contribution is -2.35. The van der Waals surface area contributed by atoms with Gasteiger partial charge in [0.15, 0.2) is 0 Å². The molecule has 1 atom stereocenters. The molecule has 1 saturated carbocycles. The molecule has 1 heterocycles. The van der Waals surface area contributed by atoms with Crippen LogP contribution in [0, 0.1) is 0 Å². The van der Waals surface area contributed by atoms with Crippen molar-refractivity contribution in [2.75, 3.05) is 19.7 Å². The average molecular weight is 275 g/mol. The van der Waals surface area contributed by atoms with Crippen molar-refractivity contribution in [2.45, 2.75) is 37.8 Å². The number of benzene rings is 1. The smallest absolute Gasteiger partial charge is 0.304 e. The van der Waals surface area contributed by atoms with Gasteiger partial charge in [-0.1, -0.05) is 24.3 Å². The summed E-state index contributed by atoms with van der Waals surface area (Å²) in [6.45, 7) is 2.20. The van der Waals surface area contributed by atoms with Crippen LogP contribution in [-0.2, 0) is 16.0 Å². The van der Waals surface area contributed by atoms with Gasteiger partial charge in [0.05, 0.1) is 19.1 Å². The van der Waals surface area contributed by atoms with E-state index in [2.05, 4.69) is 29.2 Å². The molecule has 4 heteroatoms. The van der Waals surface area contributed by atoms with Gasteiger partial charge in [0.1, 0.15) is 0 Å². The first-order chi connectivity index (χ1) is 9.74. The van der Waals surface area contributed by atoms with Gasteiger partial charge in [-0.15, -0.1) is 0 Å². The number of rotatable bonds is 6. The largest absolute Gasteiger partial charge is 0.481 e. The number of aliphatic carboxylic acids is 1. The van der Waals surface area contributed by atoms with Crippen molar-refractivity contribution >= 4 is 5.97 Å². The molecule has 1 aliphatic heterocycles. The molecule has 0 radical (unpaired) electrons. The first kappa shape index (κ1) is 13.6. The molecule has 1 fully saturated rings. The molecule has 20 heavy (non-hydrogen) atoms. The summed E-state index contributed by atoms with van der Waals surface area (Å²) in [7, 11) is 0. The number of hydrogen-bond donors (Lipinski definition) is 1. The van der Waals surface area contributed by atoms with Gasteiger partial charge >= 0.3 is 5.97 Å². The molecule has 108 valence electrons. The van der Waals surface area contributed by atoms with Crippen LogP contribution in [0.1, 0.15) is 36.5 Å². The number of nitrogens with zero attached hydrogens (tertiary/aromatic N) is 1. The van der Waals surface area contributed by atoms with Crippen LogP contribution in [0.3, 0.4) is 0 Å². The Bertz CT molecular complexity index is 484. The number of carbonyl (C=O) groups is 1. The Labute approximate surface area is 119 Å². The van der Waals surface area contributed by atoms with E-state index in [0.717, 1.165) is 19.6 Å².